The van der Waals surface area contributed by atoms with Crippen molar-refractivity contribution in [3.8, 4) is 0 Å². The van der Waals surface area contributed by atoms with Crippen LogP contribution < -0.4 is 10.4 Å². The van der Waals surface area contributed by atoms with Crippen molar-refractivity contribution in [3.63, 3.8) is 0 Å². The second-order valence-electron chi connectivity index (χ2n) is 8.37. The summed E-state index contributed by atoms with van der Waals surface area (Å²) in [6.07, 6.45) is 11.4. The van der Waals surface area contributed by atoms with Gasteiger partial charge < -0.3 is 4.43 Å². The molecule has 0 unspecified atom stereocenters. The highest BCUT2D eigenvalue weighted by Crippen LogP contribution is 2.30. The van der Waals surface area contributed by atoms with Crippen molar-refractivity contribution >= 4 is 26.0 Å². The van der Waals surface area contributed by atoms with Gasteiger partial charge in [0.25, 0.3) is 0 Å². The fourth-order valence-electron chi connectivity index (χ4n) is 4.05. The van der Waals surface area contributed by atoms with E-state index in [0.29, 0.717) is 0 Å². The van der Waals surface area contributed by atoms with Crippen molar-refractivity contribution in [1.29, 1.82) is 0 Å². The Bertz CT molecular complexity index is 1160. The van der Waals surface area contributed by atoms with Crippen LogP contribution in [0.4, 0.5) is 0 Å². The maximum Gasteiger partial charge on any atom is 0.183 e. The predicted octanol–water partition coefficient (Wildman–Crippen LogP) is 4.87. The molecule has 2 aliphatic carbocycles. The van der Waals surface area contributed by atoms with Gasteiger partial charge in [0, 0.05) is 6.61 Å². The van der Waals surface area contributed by atoms with Gasteiger partial charge in [-0.3, -0.25) is 0 Å². The van der Waals surface area contributed by atoms with Crippen LogP contribution in [0.5, 0.6) is 0 Å². The molecule has 2 aromatic rings. The maximum absolute atomic E-state index is 6.05. The van der Waals surface area contributed by atoms with Crippen LogP contribution >= 0.6 is 0 Å². The quantitative estimate of drug-likeness (QED) is 0.581. The molecule has 0 fully saturated rings. The molecular formula is C25H28OSi. The van der Waals surface area contributed by atoms with Crippen LogP contribution in [0.2, 0.25) is 19.6 Å². The van der Waals surface area contributed by atoms with Gasteiger partial charge in [0.05, 0.1) is 0 Å². The van der Waals surface area contributed by atoms with Gasteiger partial charge in [-0.15, -0.1) is 0 Å². The van der Waals surface area contributed by atoms with Gasteiger partial charge in [0.1, 0.15) is 0 Å². The highest BCUT2D eigenvalue weighted by molar-refractivity contribution is 6.69. The first-order valence-corrected chi connectivity index (χ1v) is 13.3. The summed E-state index contributed by atoms with van der Waals surface area (Å²) in [5, 5.41) is 5.38. The molecule has 0 saturated carbocycles. The van der Waals surface area contributed by atoms with E-state index in [-0.39, 0.29) is 0 Å². The summed E-state index contributed by atoms with van der Waals surface area (Å²) in [4.78, 5) is 0. The van der Waals surface area contributed by atoms with Gasteiger partial charge in [-0.25, -0.2) is 0 Å². The normalized spacial score (nSPS) is 15.9. The fourth-order valence-corrected chi connectivity index (χ4v) is 4.76. The maximum atomic E-state index is 6.05. The van der Waals surface area contributed by atoms with Crippen molar-refractivity contribution in [1.82, 2.24) is 0 Å². The molecule has 0 aromatic heterocycles. The molecule has 0 spiro atoms. The second kappa shape index (κ2) is 7.10. The van der Waals surface area contributed by atoms with E-state index in [4.69, 9.17) is 4.43 Å². The highest BCUT2D eigenvalue weighted by atomic mass is 28.4. The number of hydrogen-bond donors (Lipinski definition) is 0. The molecule has 1 nitrogen and oxygen atoms in total. The van der Waals surface area contributed by atoms with E-state index < -0.39 is 8.32 Å². The third-order valence-electron chi connectivity index (χ3n) is 5.33. The lowest BCUT2D eigenvalue weighted by Crippen LogP contribution is -2.25. The lowest BCUT2D eigenvalue weighted by atomic mass is 9.95. The standard InChI is InChI=1S/C25H28OSi/c1-5-19-12-13-23-22-9-7-6-8-20(22)17-24(23)25(19)21-11-10-18(16-21)14-15-26-27(2,3)4/h5-10,12-13,16-17H,11,14-15H2,1-4H3. The van der Waals surface area contributed by atoms with E-state index in [1.54, 1.807) is 0 Å². The minimum absolute atomic E-state index is 0.836. The third kappa shape index (κ3) is 3.65. The Kier molecular flexibility index (Phi) is 4.79. The molecule has 4 rings (SSSR count). The smallest absolute Gasteiger partial charge is 0.183 e. The molecular weight excluding hydrogens is 344 g/mol. The van der Waals surface area contributed by atoms with E-state index in [2.05, 4.69) is 87.3 Å². The second-order valence-corrected chi connectivity index (χ2v) is 12.9. The van der Waals surface area contributed by atoms with E-state index in [1.807, 2.05) is 0 Å². The molecule has 27 heavy (non-hydrogen) atoms. The van der Waals surface area contributed by atoms with E-state index >= 15 is 0 Å². The lowest BCUT2D eigenvalue weighted by Gasteiger charge is -2.16. The van der Waals surface area contributed by atoms with Gasteiger partial charge in [-0.1, -0.05) is 54.6 Å². The van der Waals surface area contributed by atoms with Gasteiger partial charge in [-0.05, 0) is 88.6 Å². The molecule has 0 atom stereocenters. The minimum atomic E-state index is -1.43. The van der Waals surface area contributed by atoms with Crippen LogP contribution in [0.25, 0.3) is 17.7 Å². The zero-order valence-corrected chi connectivity index (χ0v) is 17.8. The molecule has 0 N–H and O–H groups in total. The van der Waals surface area contributed by atoms with Gasteiger partial charge in [-0.2, -0.15) is 0 Å². The summed E-state index contributed by atoms with van der Waals surface area (Å²) in [5.41, 5.74) is 5.64. The average Bonchev–Trinajstić information content (AvgIpc) is 3.24. The first-order chi connectivity index (χ1) is 13.0. The minimum Gasteiger partial charge on any atom is -0.417 e. The first kappa shape index (κ1) is 18.2. The number of rotatable bonds is 5. The Hall–Kier alpha value is -2.16. The molecule has 0 radical (unpaired) electrons. The van der Waals surface area contributed by atoms with Gasteiger partial charge >= 0.3 is 0 Å². The topological polar surface area (TPSA) is 9.23 Å². The first-order valence-electron chi connectivity index (χ1n) is 9.91. The van der Waals surface area contributed by atoms with Crippen LogP contribution in [0.15, 0.2) is 54.1 Å². The van der Waals surface area contributed by atoms with E-state index in [1.165, 1.54) is 43.1 Å². The number of fused-ring (bicyclic) bond motifs is 2. The molecule has 0 heterocycles. The Morgan fingerprint density at radius 2 is 1.81 bits per heavy atom. The number of allylic oxidation sites excluding steroid dienone is 3. The predicted molar refractivity (Wildman–Crippen MR) is 118 cm³/mol. The largest absolute Gasteiger partial charge is 0.417 e. The van der Waals surface area contributed by atoms with Crippen molar-refractivity contribution in [2.75, 3.05) is 6.61 Å². The van der Waals surface area contributed by atoms with Crippen LogP contribution in [0, 0.1) is 10.4 Å². The number of hydrogen-bond acceptors (Lipinski definition) is 1. The van der Waals surface area contributed by atoms with Gasteiger partial charge in [0.2, 0.25) is 0 Å². The third-order valence-corrected chi connectivity index (χ3v) is 6.40. The summed E-state index contributed by atoms with van der Waals surface area (Å²) in [6.45, 7) is 9.73. The van der Waals surface area contributed by atoms with Crippen LogP contribution in [-0.2, 0) is 4.43 Å². The zero-order chi connectivity index (χ0) is 19.0. The summed E-state index contributed by atoms with van der Waals surface area (Å²) in [6, 6.07) is 13.3. The Morgan fingerprint density at radius 3 is 2.59 bits per heavy atom. The summed E-state index contributed by atoms with van der Waals surface area (Å²) < 4.78 is 6.05. The molecule has 138 valence electrons. The molecule has 0 aliphatic heterocycles. The van der Waals surface area contributed by atoms with Crippen LogP contribution in [-0.4, -0.2) is 14.9 Å². The van der Waals surface area contributed by atoms with Crippen molar-refractivity contribution in [2.24, 2.45) is 0 Å². The average molecular weight is 373 g/mol. The van der Waals surface area contributed by atoms with Crippen molar-refractivity contribution in [2.45, 2.75) is 39.4 Å². The van der Waals surface area contributed by atoms with Crippen LogP contribution in [0.1, 0.15) is 30.9 Å². The highest BCUT2D eigenvalue weighted by Gasteiger charge is 2.17. The Labute approximate surface area is 162 Å². The lowest BCUT2D eigenvalue weighted by molar-refractivity contribution is 0.316. The molecule has 2 heteroatoms. The van der Waals surface area contributed by atoms with E-state index in [0.717, 1.165) is 19.4 Å². The van der Waals surface area contributed by atoms with Crippen molar-refractivity contribution in [3.05, 3.63) is 86.1 Å². The molecule has 0 bridgehead atoms. The van der Waals surface area contributed by atoms with Gasteiger partial charge in [0.15, 0.2) is 8.32 Å². The summed E-state index contributed by atoms with van der Waals surface area (Å²) in [7, 11) is -1.43. The number of benzene rings is 2. The summed E-state index contributed by atoms with van der Waals surface area (Å²) in [5.74, 6) is 0. The zero-order valence-electron chi connectivity index (χ0n) is 16.8. The van der Waals surface area contributed by atoms with Crippen LogP contribution in [0.3, 0.4) is 0 Å². The molecule has 0 saturated heterocycles. The monoisotopic (exact) mass is 372 g/mol. The Morgan fingerprint density at radius 1 is 1.00 bits per heavy atom. The van der Waals surface area contributed by atoms with Crippen molar-refractivity contribution < 1.29 is 4.43 Å². The SMILES string of the molecule is CC=c1ccc2c(c1C1=CC(CCO[Si](C)(C)C)=CC1)C=c1ccccc1=2. The van der Waals surface area contributed by atoms with E-state index in [9.17, 15) is 0 Å². The summed E-state index contributed by atoms with van der Waals surface area (Å²) >= 11 is 0. The fraction of sp³-hybridized carbons (Fsp3) is 0.280. The molecule has 2 aliphatic rings. The molecule has 0 amide bonds. The Balaban J connectivity index is 1.72. The molecule has 2 aromatic carbocycles.